The van der Waals surface area contributed by atoms with Gasteiger partial charge in [-0.2, -0.15) is 0 Å². The number of nitrogens with one attached hydrogen (secondary N) is 1. The third kappa shape index (κ3) is 3.57. The maximum atomic E-state index is 12.1. The van der Waals surface area contributed by atoms with Crippen LogP contribution in [0.15, 0.2) is 0 Å². The Morgan fingerprint density at radius 1 is 1.29 bits per heavy atom. The first-order valence-corrected chi connectivity index (χ1v) is 8.10. The molecule has 2 rings (SSSR count). The van der Waals surface area contributed by atoms with Gasteiger partial charge in [0, 0.05) is 19.1 Å². The van der Waals surface area contributed by atoms with Gasteiger partial charge in [-0.25, -0.2) is 0 Å². The molecule has 1 saturated heterocycles. The maximum Gasteiger partial charge on any atom is 0.307 e. The molecule has 21 heavy (non-hydrogen) atoms. The van der Waals surface area contributed by atoms with Gasteiger partial charge in [0.1, 0.15) is 0 Å². The van der Waals surface area contributed by atoms with E-state index in [9.17, 15) is 9.59 Å². The number of carboxylic acids is 1. The monoisotopic (exact) mass is 296 g/mol. The van der Waals surface area contributed by atoms with E-state index in [2.05, 4.69) is 17.1 Å². The van der Waals surface area contributed by atoms with Crippen molar-refractivity contribution in [1.29, 1.82) is 0 Å². The van der Waals surface area contributed by atoms with Gasteiger partial charge in [0.15, 0.2) is 0 Å². The van der Waals surface area contributed by atoms with Gasteiger partial charge in [-0.3, -0.25) is 9.59 Å². The quantitative estimate of drug-likeness (QED) is 0.732. The zero-order valence-corrected chi connectivity index (χ0v) is 13.4. The van der Waals surface area contributed by atoms with Crippen LogP contribution in [-0.2, 0) is 9.59 Å². The van der Waals surface area contributed by atoms with E-state index < -0.39 is 17.3 Å². The molecule has 2 N–H and O–H groups in total. The van der Waals surface area contributed by atoms with Gasteiger partial charge in [-0.05, 0) is 38.1 Å². The Morgan fingerprint density at radius 3 is 2.57 bits per heavy atom. The molecule has 0 aromatic rings. The molecule has 1 amide bonds. The summed E-state index contributed by atoms with van der Waals surface area (Å²) in [6, 6.07) is 0.646. The van der Waals surface area contributed by atoms with Crippen LogP contribution < -0.4 is 5.32 Å². The van der Waals surface area contributed by atoms with Crippen molar-refractivity contribution in [3.05, 3.63) is 0 Å². The van der Waals surface area contributed by atoms with Gasteiger partial charge in [-0.15, -0.1) is 0 Å². The highest BCUT2D eigenvalue weighted by atomic mass is 16.4. The molecule has 0 bridgehead atoms. The molecule has 1 saturated carbocycles. The summed E-state index contributed by atoms with van der Waals surface area (Å²) in [7, 11) is 0. The molecular weight excluding hydrogens is 268 g/mol. The van der Waals surface area contributed by atoms with Gasteiger partial charge in [-0.1, -0.05) is 20.3 Å². The number of piperidine rings is 1. The van der Waals surface area contributed by atoms with Crippen LogP contribution in [0.25, 0.3) is 0 Å². The number of carbonyl (C=O) groups excluding carboxylic acids is 1. The molecule has 5 heteroatoms. The van der Waals surface area contributed by atoms with Gasteiger partial charge in [0.05, 0.1) is 11.8 Å². The third-order valence-corrected chi connectivity index (χ3v) is 5.24. The van der Waals surface area contributed by atoms with E-state index in [1.165, 1.54) is 19.3 Å². The molecule has 0 radical (unpaired) electrons. The zero-order valence-electron chi connectivity index (χ0n) is 13.4. The molecule has 0 aromatic carbocycles. The average Bonchev–Trinajstić information content (AvgIpc) is 2.99. The lowest BCUT2D eigenvalue weighted by Crippen LogP contribution is -2.39. The maximum absolute atomic E-state index is 12.1. The van der Waals surface area contributed by atoms with Crippen molar-refractivity contribution >= 4 is 11.9 Å². The summed E-state index contributed by atoms with van der Waals surface area (Å²) >= 11 is 0. The third-order valence-electron chi connectivity index (χ3n) is 5.24. The summed E-state index contributed by atoms with van der Waals surface area (Å²) in [5.41, 5.74) is -0.405. The highest BCUT2D eigenvalue weighted by Crippen LogP contribution is 2.58. The summed E-state index contributed by atoms with van der Waals surface area (Å²) in [5.74, 6) is -1.86. The predicted molar refractivity (Wildman–Crippen MR) is 80.9 cm³/mol. The minimum atomic E-state index is -0.859. The number of carbonyl (C=O) groups is 2. The molecule has 0 aromatic heterocycles. The zero-order chi connectivity index (χ0) is 15.6. The fraction of sp³-hybridized carbons (Fsp3) is 0.875. The number of rotatable bonds is 6. The summed E-state index contributed by atoms with van der Waals surface area (Å²) < 4.78 is 0. The number of hydrogen-bond acceptors (Lipinski definition) is 3. The summed E-state index contributed by atoms with van der Waals surface area (Å²) in [6.45, 7) is 8.78. The molecule has 120 valence electrons. The Hall–Kier alpha value is -1.10. The van der Waals surface area contributed by atoms with Crippen LogP contribution in [0.4, 0.5) is 0 Å². The minimum absolute atomic E-state index is 0.0981. The first-order chi connectivity index (χ1) is 9.85. The first-order valence-electron chi connectivity index (χ1n) is 8.10. The van der Waals surface area contributed by atoms with Crippen molar-refractivity contribution < 1.29 is 14.7 Å². The van der Waals surface area contributed by atoms with E-state index >= 15 is 0 Å². The van der Waals surface area contributed by atoms with E-state index in [-0.39, 0.29) is 11.8 Å². The summed E-state index contributed by atoms with van der Waals surface area (Å²) in [4.78, 5) is 25.6. The second-order valence-corrected chi connectivity index (χ2v) is 7.14. The van der Waals surface area contributed by atoms with Crippen LogP contribution in [0.2, 0.25) is 0 Å². The van der Waals surface area contributed by atoms with Crippen molar-refractivity contribution in [2.24, 2.45) is 17.3 Å². The number of amides is 1. The number of likely N-dealkylation sites (tertiary alicyclic amines) is 1. The van der Waals surface area contributed by atoms with E-state index in [0.29, 0.717) is 12.6 Å². The van der Waals surface area contributed by atoms with E-state index in [0.717, 1.165) is 19.5 Å². The van der Waals surface area contributed by atoms with Crippen molar-refractivity contribution in [2.45, 2.75) is 52.5 Å². The van der Waals surface area contributed by atoms with Crippen molar-refractivity contribution in [1.82, 2.24) is 10.2 Å². The minimum Gasteiger partial charge on any atom is -0.481 e. The Balaban J connectivity index is 1.67. The Kier molecular flexibility index (Phi) is 4.91. The van der Waals surface area contributed by atoms with Gasteiger partial charge in [0.25, 0.3) is 0 Å². The lowest BCUT2D eigenvalue weighted by molar-refractivity contribution is -0.140. The first kappa shape index (κ1) is 16.3. The predicted octanol–water partition coefficient (Wildman–Crippen LogP) is 1.72. The van der Waals surface area contributed by atoms with Gasteiger partial charge >= 0.3 is 5.97 Å². The van der Waals surface area contributed by atoms with Gasteiger partial charge < -0.3 is 15.3 Å². The van der Waals surface area contributed by atoms with Crippen LogP contribution in [0.5, 0.6) is 0 Å². The van der Waals surface area contributed by atoms with Crippen LogP contribution in [0, 0.1) is 17.3 Å². The molecule has 1 heterocycles. The van der Waals surface area contributed by atoms with Crippen molar-refractivity contribution in [3.8, 4) is 0 Å². The highest BCUT2D eigenvalue weighted by Gasteiger charge is 2.65. The van der Waals surface area contributed by atoms with Crippen LogP contribution in [-0.4, -0.2) is 47.6 Å². The average molecular weight is 296 g/mol. The summed E-state index contributed by atoms with van der Waals surface area (Å²) in [5, 5.41) is 12.0. The molecule has 1 aliphatic heterocycles. The lowest BCUT2D eigenvalue weighted by Gasteiger charge is -2.33. The molecule has 1 unspecified atom stereocenters. The SMILES string of the molecule is CC1CCCCN1CCCNC(=O)[C@H]1[C@@H](C(=O)O)C1(C)C. The van der Waals surface area contributed by atoms with Crippen LogP contribution in [0.3, 0.4) is 0 Å². The topological polar surface area (TPSA) is 69.6 Å². The van der Waals surface area contributed by atoms with Crippen LogP contribution in [0.1, 0.15) is 46.5 Å². The summed E-state index contributed by atoms with van der Waals surface area (Å²) in [6.07, 6.45) is 4.79. The standard InChI is InChI=1S/C16H28N2O3/c1-11-7-4-5-9-18(11)10-6-8-17-14(19)12-13(15(20)21)16(12,2)3/h11-13H,4-10H2,1-3H3,(H,17,19)(H,20,21)/t11?,12-,13+/m1/s1. The Labute approximate surface area is 127 Å². The fourth-order valence-corrected chi connectivity index (χ4v) is 3.68. The smallest absolute Gasteiger partial charge is 0.307 e. The van der Waals surface area contributed by atoms with Gasteiger partial charge in [0.2, 0.25) is 5.91 Å². The number of nitrogens with zero attached hydrogens (tertiary/aromatic N) is 1. The molecule has 1 aliphatic carbocycles. The molecule has 2 fully saturated rings. The van der Waals surface area contributed by atoms with E-state index in [1.54, 1.807) is 0 Å². The van der Waals surface area contributed by atoms with Crippen molar-refractivity contribution in [3.63, 3.8) is 0 Å². The molecule has 2 aliphatic rings. The van der Waals surface area contributed by atoms with Crippen LogP contribution >= 0.6 is 0 Å². The number of hydrogen-bond donors (Lipinski definition) is 2. The number of carboxylic acid groups (broad SMARTS) is 1. The molecule has 5 nitrogen and oxygen atoms in total. The largest absolute Gasteiger partial charge is 0.481 e. The number of aliphatic carboxylic acids is 1. The normalized spacial score (nSPS) is 31.7. The molecule has 3 atom stereocenters. The molecule has 0 spiro atoms. The Morgan fingerprint density at radius 2 is 2.00 bits per heavy atom. The van der Waals surface area contributed by atoms with E-state index in [1.807, 2.05) is 13.8 Å². The second-order valence-electron chi connectivity index (χ2n) is 7.14. The Bertz CT molecular complexity index is 408. The highest BCUT2D eigenvalue weighted by molar-refractivity contribution is 5.91. The molecular formula is C16H28N2O3. The second kappa shape index (κ2) is 6.34. The van der Waals surface area contributed by atoms with Crippen molar-refractivity contribution in [2.75, 3.05) is 19.6 Å². The van der Waals surface area contributed by atoms with E-state index in [4.69, 9.17) is 5.11 Å². The lowest BCUT2D eigenvalue weighted by atomic mass is 10.0. The fourth-order valence-electron chi connectivity index (χ4n) is 3.68.